The number of rotatable bonds is 7. The van der Waals surface area contributed by atoms with Crippen molar-refractivity contribution >= 4 is 40.4 Å². The van der Waals surface area contributed by atoms with Crippen LogP contribution < -0.4 is 24.4 Å². The summed E-state index contributed by atoms with van der Waals surface area (Å²) in [4.78, 5) is 28.1. The third kappa shape index (κ3) is 4.10. The Balaban J connectivity index is 1.79. The van der Waals surface area contributed by atoms with Gasteiger partial charge in [-0.2, -0.15) is 0 Å². The smallest absolute Gasteiger partial charge is 0.282 e. The molecule has 3 aromatic carbocycles. The number of amides is 2. The van der Waals surface area contributed by atoms with Gasteiger partial charge in [-0.15, -0.1) is 0 Å². The first kappa shape index (κ1) is 22.2. The Labute approximate surface area is 196 Å². The van der Waals surface area contributed by atoms with E-state index in [4.69, 9.17) is 25.8 Å². The van der Waals surface area contributed by atoms with Gasteiger partial charge in [-0.3, -0.25) is 9.59 Å². The Kier molecular flexibility index (Phi) is 6.24. The maximum absolute atomic E-state index is 13.5. The minimum Gasteiger partial charge on any atom is -0.495 e. The van der Waals surface area contributed by atoms with Crippen LogP contribution in [0.1, 0.15) is 5.56 Å². The van der Waals surface area contributed by atoms with Crippen LogP contribution in [0.4, 0.5) is 11.4 Å². The predicted octanol–water partition coefficient (Wildman–Crippen LogP) is 4.76. The standard InChI is InChI=1S/C25H21ClN2O5/c1-31-19-12-10-17(14-18(19)26)28-24(29)22(15-7-5-4-6-8-15)23(25(28)30)27-16-9-11-20(32-2)21(13-16)33-3/h4-14,27H,1-3H3. The van der Waals surface area contributed by atoms with Crippen LogP contribution in [0.2, 0.25) is 5.02 Å². The van der Waals surface area contributed by atoms with Crippen molar-refractivity contribution in [3.05, 3.63) is 83.0 Å². The van der Waals surface area contributed by atoms with Gasteiger partial charge >= 0.3 is 0 Å². The summed E-state index contributed by atoms with van der Waals surface area (Å²) in [5.41, 5.74) is 1.91. The molecular formula is C25H21ClN2O5. The average molecular weight is 465 g/mol. The highest BCUT2D eigenvalue weighted by atomic mass is 35.5. The topological polar surface area (TPSA) is 77.1 Å². The highest BCUT2D eigenvalue weighted by Gasteiger charge is 2.40. The fourth-order valence-corrected chi connectivity index (χ4v) is 3.86. The molecule has 0 radical (unpaired) electrons. The first-order valence-corrected chi connectivity index (χ1v) is 10.4. The average Bonchev–Trinajstić information content (AvgIpc) is 3.08. The van der Waals surface area contributed by atoms with Crippen LogP contribution in [0, 0.1) is 0 Å². The summed E-state index contributed by atoms with van der Waals surface area (Å²) < 4.78 is 15.8. The van der Waals surface area contributed by atoms with Crippen molar-refractivity contribution < 1.29 is 23.8 Å². The summed E-state index contributed by atoms with van der Waals surface area (Å²) in [5.74, 6) is 0.508. The lowest BCUT2D eigenvalue weighted by atomic mass is 10.0. The van der Waals surface area contributed by atoms with Gasteiger partial charge in [-0.25, -0.2) is 4.90 Å². The van der Waals surface area contributed by atoms with Gasteiger partial charge in [-0.05, 0) is 35.9 Å². The fourth-order valence-electron chi connectivity index (χ4n) is 3.61. The highest BCUT2D eigenvalue weighted by Crippen LogP contribution is 2.37. The molecule has 0 spiro atoms. The van der Waals surface area contributed by atoms with Gasteiger partial charge < -0.3 is 19.5 Å². The molecule has 0 atom stereocenters. The summed E-state index contributed by atoms with van der Waals surface area (Å²) in [6.45, 7) is 0. The van der Waals surface area contributed by atoms with E-state index in [9.17, 15) is 9.59 Å². The first-order valence-electron chi connectivity index (χ1n) is 9.99. The van der Waals surface area contributed by atoms with Gasteiger partial charge in [0.1, 0.15) is 11.4 Å². The summed E-state index contributed by atoms with van der Waals surface area (Å²) in [6.07, 6.45) is 0. The van der Waals surface area contributed by atoms with Gasteiger partial charge in [0.15, 0.2) is 11.5 Å². The number of benzene rings is 3. The van der Waals surface area contributed by atoms with Crippen molar-refractivity contribution in [2.75, 3.05) is 31.5 Å². The third-order valence-electron chi connectivity index (χ3n) is 5.19. The third-order valence-corrected chi connectivity index (χ3v) is 5.49. The Hall–Kier alpha value is -3.97. The molecule has 0 aliphatic carbocycles. The van der Waals surface area contributed by atoms with Crippen molar-refractivity contribution in [1.82, 2.24) is 0 Å². The minimum atomic E-state index is -0.505. The zero-order chi connectivity index (χ0) is 23.5. The second kappa shape index (κ2) is 9.26. The Morgan fingerprint density at radius 2 is 1.42 bits per heavy atom. The van der Waals surface area contributed by atoms with Crippen LogP contribution in [0.3, 0.4) is 0 Å². The quantitative estimate of drug-likeness (QED) is 0.508. The highest BCUT2D eigenvalue weighted by molar-refractivity contribution is 6.46. The van der Waals surface area contributed by atoms with Gasteiger partial charge in [0.25, 0.3) is 11.8 Å². The molecule has 2 amide bonds. The number of hydrogen-bond donors (Lipinski definition) is 1. The van der Waals surface area contributed by atoms with E-state index in [0.717, 1.165) is 4.90 Å². The van der Waals surface area contributed by atoms with E-state index in [0.29, 0.717) is 34.2 Å². The molecule has 0 aromatic heterocycles. The van der Waals surface area contributed by atoms with Crippen LogP contribution in [0.5, 0.6) is 17.2 Å². The molecule has 33 heavy (non-hydrogen) atoms. The zero-order valence-corrected chi connectivity index (χ0v) is 19.0. The number of hydrogen-bond acceptors (Lipinski definition) is 6. The maximum atomic E-state index is 13.5. The van der Waals surface area contributed by atoms with Gasteiger partial charge in [-0.1, -0.05) is 41.9 Å². The fraction of sp³-hybridized carbons (Fsp3) is 0.120. The molecule has 0 unspecified atom stereocenters. The molecule has 1 aliphatic rings. The van der Waals surface area contributed by atoms with E-state index in [2.05, 4.69) is 5.32 Å². The minimum absolute atomic E-state index is 0.144. The van der Waals surface area contributed by atoms with Crippen molar-refractivity contribution in [2.24, 2.45) is 0 Å². The van der Waals surface area contributed by atoms with E-state index in [1.807, 2.05) is 6.07 Å². The lowest BCUT2D eigenvalue weighted by Gasteiger charge is -2.17. The molecule has 7 nitrogen and oxygen atoms in total. The zero-order valence-electron chi connectivity index (χ0n) is 18.2. The van der Waals surface area contributed by atoms with Crippen molar-refractivity contribution in [3.63, 3.8) is 0 Å². The second-order valence-electron chi connectivity index (χ2n) is 7.08. The SMILES string of the molecule is COc1ccc(N2C(=O)C(Nc3ccc(OC)c(OC)c3)=C(c3ccccc3)C2=O)cc1Cl. The first-order chi connectivity index (χ1) is 16.0. The number of nitrogens with one attached hydrogen (secondary N) is 1. The second-order valence-corrected chi connectivity index (χ2v) is 7.48. The lowest BCUT2D eigenvalue weighted by molar-refractivity contribution is -0.120. The molecule has 0 saturated carbocycles. The molecule has 3 aromatic rings. The molecule has 0 saturated heterocycles. The van der Waals surface area contributed by atoms with Crippen LogP contribution in [-0.2, 0) is 9.59 Å². The maximum Gasteiger partial charge on any atom is 0.282 e. The summed E-state index contributed by atoms with van der Waals surface area (Å²) >= 11 is 6.26. The molecule has 1 N–H and O–H groups in total. The van der Waals surface area contributed by atoms with E-state index in [-0.39, 0.29) is 16.3 Å². The number of halogens is 1. The number of carbonyl (C=O) groups is 2. The normalized spacial score (nSPS) is 13.4. The van der Waals surface area contributed by atoms with Crippen LogP contribution in [0.15, 0.2) is 72.4 Å². The van der Waals surface area contributed by atoms with Crippen molar-refractivity contribution in [3.8, 4) is 17.2 Å². The molecule has 4 rings (SSSR count). The molecule has 1 aliphatic heterocycles. The molecule has 1 heterocycles. The Morgan fingerprint density at radius 1 is 0.758 bits per heavy atom. The number of carbonyl (C=O) groups excluding carboxylic acids is 2. The predicted molar refractivity (Wildman–Crippen MR) is 127 cm³/mol. The van der Waals surface area contributed by atoms with E-state index >= 15 is 0 Å². The molecule has 8 heteroatoms. The van der Waals surface area contributed by atoms with E-state index in [1.165, 1.54) is 27.4 Å². The van der Waals surface area contributed by atoms with Crippen molar-refractivity contribution in [1.29, 1.82) is 0 Å². The largest absolute Gasteiger partial charge is 0.495 e. The summed E-state index contributed by atoms with van der Waals surface area (Å²) in [7, 11) is 4.56. The Morgan fingerprint density at radius 3 is 2.06 bits per heavy atom. The number of ether oxygens (including phenoxy) is 3. The Bertz CT molecular complexity index is 1260. The number of anilines is 2. The van der Waals surface area contributed by atoms with Gasteiger partial charge in [0.05, 0.1) is 37.6 Å². The number of imide groups is 1. The summed E-state index contributed by atoms with van der Waals surface area (Å²) in [5, 5.41) is 3.40. The molecule has 0 bridgehead atoms. The lowest BCUT2D eigenvalue weighted by Crippen LogP contribution is -2.32. The van der Waals surface area contributed by atoms with Crippen LogP contribution in [-0.4, -0.2) is 33.1 Å². The number of methoxy groups -OCH3 is 3. The van der Waals surface area contributed by atoms with E-state index < -0.39 is 11.8 Å². The molecular weight excluding hydrogens is 444 g/mol. The van der Waals surface area contributed by atoms with E-state index in [1.54, 1.807) is 54.6 Å². The van der Waals surface area contributed by atoms with Gasteiger partial charge in [0, 0.05) is 11.8 Å². The van der Waals surface area contributed by atoms with Crippen LogP contribution >= 0.6 is 11.6 Å². The summed E-state index contributed by atoms with van der Waals surface area (Å²) in [6, 6.07) is 18.9. The van der Waals surface area contributed by atoms with Crippen LogP contribution in [0.25, 0.3) is 5.57 Å². The van der Waals surface area contributed by atoms with Crippen molar-refractivity contribution in [2.45, 2.75) is 0 Å². The molecule has 168 valence electrons. The monoisotopic (exact) mass is 464 g/mol. The number of nitrogens with zero attached hydrogens (tertiary/aromatic N) is 1. The van der Waals surface area contributed by atoms with Gasteiger partial charge in [0.2, 0.25) is 0 Å². The molecule has 0 fully saturated rings.